The van der Waals surface area contributed by atoms with Crippen LogP contribution in [0.3, 0.4) is 0 Å². The number of hydrogen-bond donors (Lipinski definition) is 1. The van der Waals surface area contributed by atoms with Crippen molar-refractivity contribution in [2.75, 3.05) is 7.11 Å². The molecule has 0 aliphatic carbocycles. The number of ether oxygens (including phenoxy) is 2. The van der Waals surface area contributed by atoms with Crippen LogP contribution in [-0.2, 0) is 0 Å². The predicted octanol–water partition coefficient (Wildman–Crippen LogP) is 4.80. The van der Waals surface area contributed by atoms with Gasteiger partial charge in [0.25, 0.3) is 0 Å². The van der Waals surface area contributed by atoms with E-state index in [9.17, 15) is 9.90 Å². The number of hydrogen-bond acceptors (Lipinski definition) is 4. The number of phenolic OH excluding ortho intramolecular Hbond substituents is 1. The minimum Gasteiger partial charge on any atom is -0.504 e. The summed E-state index contributed by atoms with van der Waals surface area (Å²) in [6.07, 6.45) is 1.28. The van der Waals surface area contributed by atoms with Crippen LogP contribution in [0, 0.1) is 0 Å². The molecular formula is C23H18O4. The zero-order valence-electron chi connectivity index (χ0n) is 14.8. The van der Waals surface area contributed by atoms with E-state index in [2.05, 4.69) is 0 Å². The summed E-state index contributed by atoms with van der Waals surface area (Å²) in [5.74, 6) is 0.913. The number of phenols is 1. The van der Waals surface area contributed by atoms with E-state index in [1.165, 1.54) is 7.11 Å². The zero-order chi connectivity index (χ0) is 18.8. The Morgan fingerprint density at radius 2 is 1.74 bits per heavy atom. The number of carbonyl (C=O) groups is 1. The number of rotatable bonds is 3. The van der Waals surface area contributed by atoms with Crippen molar-refractivity contribution in [2.45, 2.75) is 6.10 Å². The van der Waals surface area contributed by atoms with Crippen molar-refractivity contribution in [3.05, 3.63) is 95.1 Å². The average Bonchev–Trinajstić information content (AvgIpc) is 2.72. The first kappa shape index (κ1) is 16.9. The molecule has 1 N–H and O–H groups in total. The summed E-state index contributed by atoms with van der Waals surface area (Å²) < 4.78 is 11.4. The molecule has 134 valence electrons. The Hall–Kier alpha value is -3.53. The van der Waals surface area contributed by atoms with Gasteiger partial charge in [0, 0.05) is 5.57 Å². The van der Waals surface area contributed by atoms with Crippen LogP contribution in [-0.4, -0.2) is 18.0 Å². The van der Waals surface area contributed by atoms with Gasteiger partial charge in [-0.05, 0) is 41.5 Å². The van der Waals surface area contributed by atoms with Crippen molar-refractivity contribution in [1.29, 1.82) is 0 Å². The minimum atomic E-state index is -0.506. The quantitative estimate of drug-likeness (QED) is 0.683. The molecule has 0 spiro atoms. The number of Topliss-reactive ketones (excluding diaryl/α,β-unsaturated/α-hetero) is 1. The van der Waals surface area contributed by atoms with E-state index in [0.717, 1.165) is 11.1 Å². The van der Waals surface area contributed by atoms with Gasteiger partial charge in [-0.15, -0.1) is 0 Å². The first-order chi connectivity index (χ1) is 13.2. The van der Waals surface area contributed by atoms with E-state index < -0.39 is 6.10 Å². The average molecular weight is 358 g/mol. The zero-order valence-corrected chi connectivity index (χ0v) is 14.8. The molecule has 1 heterocycles. The van der Waals surface area contributed by atoms with Gasteiger partial charge in [-0.2, -0.15) is 0 Å². The van der Waals surface area contributed by atoms with E-state index in [0.29, 0.717) is 22.6 Å². The highest BCUT2D eigenvalue weighted by atomic mass is 16.5. The van der Waals surface area contributed by atoms with Crippen LogP contribution in [0.4, 0.5) is 0 Å². The van der Waals surface area contributed by atoms with E-state index >= 15 is 0 Å². The lowest BCUT2D eigenvalue weighted by Crippen LogP contribution is -2.23. The van der Waals surface area contributed by atoms with Crippen molar-refractivity contribution < 1.29 is 19.4 Å². The molecule has 0 bridgehead atoms. The Bertz CT molecular complexity index is 1020. The number of para-hydroxylation sites is 1. The van der Waals surface area contributed by atoms with E-state index in [1.54, 1.807) is 30.3 Å². The van der Waals surface area contributed by atoms with Crippen LogP contribution >= 0.6 is 0 Å². The van der Waals surface area contributed by atoms with Gasteiger partial charge in [-0.3, -0.25) is 4.79 Å². The minimum absolute atomic E-state index is 0.0517. The summed E-state index contributed by atoms with van der Waals surface area (Å²) in [6.45, 7) is 0. The Morgan fingerprint density at radius 3 is 2.52 bits per heavy atom. The smallest absolute Gasteiger partial charge is 0.196 e. The van der Waals surface area contributed by atoms with Gasteiger partial charge < -0.3 is 14.6 Å². The van der Waals surface area contributed by atoms with Crippen molar-refractivity contribution in [2.24, 2.45) is 0 Å². The highest BCUT2D eigenvalue weighted by molar-refractivity contribution is 6.14. The SMILES string of the molecule is COc1cc(C=C2C(=O)c3ccccc3OC2c2ccccc2)ccc1O. The fourth-order valence-corrected chi connectivity index (χ4v) is 3.20. The highest BCUT2D eigenvalue weighted by Gasteiger charge is 2.32. The third-order valence-corrected chi connectivity index (χ3v) is 4.55. The maximum absolute atomic E-state index is 13.2. The normalized spacial score (nSPS) is 17.3. The van der Waals surface area contributed by atoms with Crippen LogP contribution < -0.4 is 9.47 Å². The molecule has 3 aromatic carbocycles. The molecule has 0 saturated heterocycles. The predicted molar refractivity (Wildman–Crippen MR) is 103 cm³/mol. The van der Waals surface area contributed by atoms with Gasteiger partial charge in [-0.1, -0.05) is 48.5 Å². The molecule has 4 heteroatoms. The number of methoxy groups -OCH3 is 1. The van der Waals surface area contributed by atoms with Gasteiger partial charge in [0.15, 0.2) is 23.4 Å². The van der Waals surface area contributed by atoms with E-state index in [4.69, 9.17) is 9.47 Å². The fraction of sp³-hybridized carbons (Fsp3) is 0.0870. The Labute approximate surface area is 157 Å². The number of aromatic hydroxyl groups is 1. The van der Waals surface area contributed by atoms with Crippen LogP contribution in [0.5, 0.6) is 17.2 Å². The molecule has 0 saturated carbocycles. The third kappa shape index (κ3) is 3.17. The summed E-state index contributed by atoms with van der Waals surface area (Å²) in [7, 11) is 1.49. The summed E-state index contributed by atoms with van der Waals surface area (Å²) in [5, 5.41) is 9.82. The van der Waals surface area contributed by atoms with Gasteiger partial charge in [0.05, 0.1) is 12.7 Å². The first-order valence-electron chi connectivity index (χ1n) is 8.61. The first-order valence-corrected chi connectivity index (χ1v) is 8.61. The Kier molecular flexibility index (Phi) is 4.38. The number of carbonyl (C=O) groups excluding carboxylic acids is 1. The van der Waals surface area contributed by atoms with Crippen LogP contribution in [0.25, 0.3) is 6.08 Å². The molecule has 0 fully saturated rings. The van der Waals surface area contributed by atoms with Crippen LogP contribution in [0.2, 0.25) is 0 Å². The van der Waals surface area contributed by atoms with Gasteiger partial charge in [0.2, 0.25) is 0 Å². The van der Waals surface area contributed by atoms with Crippen LogP contribution in [0.1, 0.15) is 27.6 Å². The number of benzene rings is 3. The largest absolute Gasteiger partial charge is 0.504 e. The molecule has 1 atom stereocenters. The number of ketones is 1. The molecule has 0 aromatic heterocycles. The van der Waals surface area contributed by atoms with Gasteiger partial charge >= 0.3 is 0 Å². The van der Waals surface area contributed by atoms with Crippen molar-refractivity contribution in [1.82, 2.24) is 0 Å². The molecule has 27 heavy (non-hydrogen) atoms. The maximum atomic E-state index is 13.2. The molecule has 3 aromatic rings. The van der Waals surface area contributed by atoms with Crippen LogP contribution in [0.15, 0.2) is 78.4 Å². The second-order valence-corrected chi connectivity index (χ2v) is 6.26. The molecule has 1 aliphatic heterocycles. The Balaban J connectivity index is 1.85. The summed E-state index contributed by atoms with van der Waals surface area (Å²) in [5.41, 5.74) is 2.73. The fourth-order valence-electron chi connectivity index (χ4n) is 3.20. The molecule has 0 radical (unpaired) electrons. The lowest BCUT2D eigenvalue weighted by molar-refractivity contribution is 0.0963. The molecule has 1 aliphatic rings. The summed E-state index contributed by atoms with van der Waals surface area (Å²) in [4.78, 5) is 13.2. The molecule has 1 unspecified atom stereocenters. The third-order valence-electron chi connectivity index (χ3n) is 4.55. The Morgan fingerprint density at radius 1 is 1.00 bits per heavy atom. The van der Waals surface area contributed by atoms with Gasteiger partial charge in [0.1, 0.15) is 5.75 Å². The maximum Gasteiger partial charge on any atom is 0.196 e. The van der Waals surface area contributed by atoms with Gasteiger partial charge in [-0.25, -0.2) is 0 Å². The lowest BCUT2D eigenvalue weighted by Gasteiger charge is -2.28. The highest BCUT2D eigenvalue weighted by Crippen LogP contribution is 2.39. The topological polar surface area (TPSA) is 55.8 Å². The number of fused-ring (bicyclic) bond motifs is 1. The van der Waals surface area contributed by atoms with Crippen molar-refractivity contribution >= 4 is 11.9 Å². The molecule has 4 rings (SSSR count). The van der Waals surface area contributed by atoms with E-state index in [1.807, 2.05) is 48.5 Å². The summed E-state index contributed by atoms with van der Waals surface area (Å²) in [6, 6.07) is 21.9. The standard InChI is InChI=1S/C23H18O4/c1-26-21-14-15(11-12-19(21)24)13-18-22(25)17-9-5-6-10-20(17)27-23(18)16-7-3-2-4-8-16/h2-14,23-24H,1H3. The summed E-state index contributed by atoms with van der Waals surface area (Å²) >= 11 is 0. The second-order valence-electron chi connectivity index (χ2n) is 6.26. The van der Waals surface area contributed by atoms with E-state index in [-0.39, 0.29) is 11.5 Å². The molecule has 4 nitrogen and oxygen atoms in total. The molecule has 0 amide bonds. The lowest BCUT2D eigenvalue weighted by atomic mass is 9.89. The van der Waals surface area contributed by atoms with Crippen molar-refractivity contribution in [3.8, 4) is 17.2 Å². The second kappa shape index (κ2) is 7.00. The van der Waals surface area contributed by atoms with Crippen molar-refractivity contribution in [3.63, 3.8) is 0 Å². The molecular weight excluding hydrogens is 340 g/mol. The monoisotopic (exact) mass is 358 g/mol.